The van der Waals surface area contributed by atoms with Gasteiger partial charge in [-0.1, -0.05) is 49.7 Å². The van der Waals surface area contributed by atoms with Gasteiger partial charge in [0.2, 0.25) is 0 Å². The molecule has 0 aromatic heterocycles. The lowest BCUT2D eigenvalue weighted by Gasteiger charge is -2.17. The van der Waals surface area contributed by atoms with E-state index in [1.807, 2.05) is 77.1 Å². The summed E-state index contributed by atoms with van der Waals surface area (Å²) in [6.07, 6.45) is 0. The Labute approximate surface area is 160 Å². The summed E-state index contributed by atoms with van der Waals surface area (Å²) in [5.41, 5.74) is 5.63. The molecule has 1 aliphatic heterocycles. The fraction of sp³-hybridized carbons (Fsp3) is 0.304. The second-order valence-electron chi connectivity index (χ2n) is 7.68. The van der Waals surface area contributed by atoms with Gasteiger partial charge in [0.25, 0.3) is 11.8 Å². The van der Waals surface area contributed by atoms with Gasteiger partial charge in [-0.05, 0) is 55.5 Å². The molecular formula is C23H26N2O2. The van der Waals surface area contributed by atoms with Gasteiger partial charge < -0.3 is 5.32 Å². The molecule has 0 atom stereocenters. The minimum Gasteiger partial charge on any atom is -0.350 e. The van der Waals surface area contributed by atoms with Crippen LogP contribution in [0.3, 0.4) is 0 Å². The summed E-state index contributed by atoms with van der Waals surface area (Å²) in [4.78, 5) is 27.6. The first kappa shape index (κ1) is 18.9. The Kier molecular flexibility index (Phi) is 5.17. The van der Waals surface area contributed by atoms with Gasteiger partial charge in [-0.2, -0.15) is 0 Å². The summed E-state index contributed by atoms with van der Waals surface area (Å²) in [7, 11) is 0. The van der Waals surface area contributed by atoms with Crippen molar-refractivity contribution in [2.45, 2.75) is 34.6 Å². The fourth-order valence-corrected chi connectivity index (χ4v) is 3.43. The molecule has 1 aliphatic rings. The van der Waals surface area contributed by atoms with Gasteiger partial charge in [0.05, 0.1) is 5.57 Å². The minimum absolute atomic E-state index is 0.205. The normalized spacial score (nSPS) is 14.5. The van der Waals surface area contributed by atoms with E-state index in [2.05, 4.69) is 5.32 Å². The summed E-state index contributed by atoms with van der Waals surface area (Å²) < 4.78 is 0. The van der Waals surface area contributed by atoms with Crippen LogP contribution < -0.4 is 5.32 Å². The number of hydrogen-bond donors (Lipinski definition) is 1. The van der Waals surface area contributed by atoms with Crippen LogP contribution in [0.25, 0.3) is 5.57 Å². The third-order valence-corrected chi connectivity index (χ3v) is 4.65. The van der Waals surface area contributed by atoms with Crippen LogP contribution in [0.15, 0.2) is 48.2 Å². The molecule has 140 valence electrons. The molecule has 0 radical (unpaired) electrons. The molecule has 4 heteroatoms. The SMILES string of the molecule is Cc1cccc(NC2=C(c3ccc(C)cc3C)C(=O)N(CC(C)C)C2=O)c1. The van der Waals surface area contributed by atoms with Gasteiger partial charge in [0.15, 0.2) is 0 Å². The molecule has 0 spiro atoms. The Morgan fingerprint density at radius 3 is 2.26 bits per heavy atom. The summed E-state index contributed by atoms with van der Waals surface area (Å²) in [6.45, 7) is 10.4. The zero-order valence-corrected chi connectivity index (χ0v) is 16.6. The Morgan fingerprint density at radius 1 is 0.926 bits per heavy atom. The highest BCUT2D eigenvalue weighted by molar-refractivity contribution is 6.36. The van der Waals surface area contributed by atoms with Crippen molar-refractivity contribution in [3.63, 3.8) is 0 Å². The Morgan fingerprint density at radius 2 is 1.63 bits per heavy atom. The number of rotatable bonds is 5. The Hall–Kier alpha value is -2.88. The molecule has 4 nitrogen and oxygen atoms in total. The number of carbonyl (C=O) groups is 2. The van der Waals surface area contributed by atoms with Crippen LogP contribution in [0.5, 0.6) is 0 Å². The molecule has 0 fully saturated rings. The van der Waals surface area contributed by atoms with Gasteiger partial charge in [0.1, 0.15) is 5.70 Å². The molecule has 0 saturated heterocycles. The van der Waals surface area contributed by atoms with E-state index >= 15 is 0 Å². The van der Waals surface area contributed by atoms with Gasteiger partial charge in [0, 0.05) is 12.2 Å². The number of imide groups is 1. The molecule has 2 amide bonds. The molecule has 1 N–H and O–H groups in total. The highest BCUT2D eigenvalue weighted by atomic mass is 16.2. The highest BCUT2D eigenvalue weighted by Gasteiger charge is 2.39. The van der Waals surface area contributed by atoms with E-state index in [9.17, 15) is 9.59 Å². The molecule has 0 aliphatic carbocycles. The van der Waals surface area contributed by atoms with Gasteiger partial charge in [-0.3, -0.25) is 14.5 Å². The summed E-state index contributed by atoms with van der Waals surface area (Å²) in [5, 5.41) is 3.22. The highest BCUT2D eigenvalue weighted by Crippen LogP contribution is 2.33. The van der Waals surface area contributed by atoms with Gasteiger partial charge in [-0.15, -0.1) is 0 Å². The van der Waals surface area contributed by atoms with Gasteiger partial charge >= 0.3 is 0 Å². The monoisotopic (exact) mass is 362 g/mol. The van der Waals surface area contributed by atoms with Crippen molar-refractivity contribution < 1.29 is 9.59 Å². The van der Waals surface area contributed by atoms with E-state index < -0.39 is 0 Å². The van der Waals surface area contributed by atoms with E-state index in [0.29, 0.717) is 17.8 Å². The van der Waals surface area contributed by atoms with Crippen LogP contribution in [0.4, 0.5) is 5.69 Å². The summed E-state index contributed by atoms with van der Waals surface area (Å²) in [5.74, 6) is -0.280. The van der Waals surface area contributed by atoms with Gasteiger partial charge in [-0.25, -0.2) is 0 Å². The third kappa shape index (κ3) is 3.80. The van der Waals surface area contributed by atoms with Crippen LogP contribution in [-0.4, -0.2) is 23.3 Å². The lowest BCUT2D eigenvalue weighted by molar-refractivity contribution is -0.137. The maximum absolute atomic E-state index is 13.2. The second kappa shape index (κ2) is 7.39. The lowest BCUT2D eigenvalue weighted by atomic mass is 9.97. The first-order valence-electron chi connectivity index (χ1n) is 9.29. The van der Waals surface area contributed by atoms with E-state index in [1.165, 1.54) is 4.90 Å². The molecule has 2 aromatic rings. The van der Waals surface area contributed by atoms with Crippen molar-refractivity contribution in [2.24, 2.45) is 5.92 Å². The van der Waals surface area contributed by atoms with Crippen LogP contribution in [0.1, 0.15) is 36.1 Å². The van der Waals surface area contributed by atoms with Crippen LogP contribution in [-0.2, 0) is 9.59 Å². The molecule has 0 bridgehead atoms. The van der Waals surface area contributed by atoms with Crippen molar-refractivity contribution in [1.29, 1.82) is 0 Å². The predicted molar refractivity (Wildman–Crippen MR) is 109 cm³/mol. The largest absolute Gasteiger partial charge is 0.350 e. The topological polar surface area (TPSA) is 49.4 Å². The molecule has 3 rings (SSSR count). The molecule has 2 aromatic carbocycles. The zero-order chi connectivity index (χ0) is 19.7. The molecular weight excluding hydrogens is 336 g/mol. The quantitative estimate of drug-likeness (QED) is 0.799. The number of nitrogens with one attached hydrogen (secondary N) is 1. The number of aryl methyl sites for hydroxylation is 3. The number of hydrogen-bond acceptors (Lipinski definition) is 3. The first-order valence-corrected chi connectivity index (χ1v) is 9.29. The van der Waals surface area contributed by atoms with Crippen molar-refractivity contribution in [3.8, 4) is 0 Å². The fourth-order valence-electron chi connectivity index (χ4n) is 3.43. The van der Waals surface area contributed by atoms with E-state index in [-0.39, 0.29) is 17.7 Å². The minimum atomic E-state index is -0.259. The summed E-state index contributed by atoms with van der Waals surface area (Å²) >= 11 is 0. The predicted octanol–water partition coefficient (Wildman–Crippen LogP) is 4.46. The number of amides is 2. The van der Waals surface area contributed by atoms with E-state index in [1.54, 1.807) is 0 Å². The second-order valence-corrected chi connectivity index (χ2v) is 7.68. The Balaban J connectivity index is 2.12. The van der Waals surface area contributed by atoms with Crippen molar-refractivity contribution >= 4 is 23.1 Å². The smallest absolute Gasteiger partial charge is 0.278 e. The standard InChI is InChI=1S/C23H26N2O2/c1-14(2)13-25-22(26)20(19-10-9-16(4)11-17(19)5)21(23(25)27)24-18-8-6-7-15(3)12-18/h6-12,14,24H,13H2,1-5H3. The molecule has 0 unspecified atom stereocenters. The molecule has 27 heavy (non-hydrogen) atoms. The average molecular weight is 362 g/mol. The van der Waals surface area contributed by atoms with Crippen molar-refractivity contribution in [1.82, 2.24) is 4.90 Å². The van der Waals surface area contributed by atoms with Crippen LogP contribution in [0.2, 0.25) is 0 Å². The molecule has 1 heterocycles. The van der Waals surface area contributed by atoms with E-state index in [0.717, 1.165) is 27.9 Å². The number of anilines is 1. The number of carbonyl (C=O) groups excluding carboxylic acids is 2. The summed E-state index contributed by atoms with van der Waals surface area (Å²) in [6, 6.07) is 13.7. The number of nitrogens with zero attached hydrogens (tertiary/aromatic N) is 1. The first-order chi connectivity index (χ1) is 12.8. The van der Waals surface area contributed by atoms with Crippen LogP contribution in [0, 0.1) is 26.7 Å². The zero-order valence-electron chi connectivity index (χ0n) is 16.6. The lowest BCUT2D eigenvalue weighted by Crippen LogP contribution is -2.35. The maximum Gasteiger partial charge on any atom is 0.278 e. The number of benzene rings is 2. The third-order valence-electron chi connectivity index (χ3n) is 4.65. The molecule has 0 saturated carbocycles. The van der Waals surface area contributed by atoms with E-state index in [4.69, 9.17) is 0 Å². The average Bonchev–Trinajstić information content (AvgIpc) is 2.80. The van der Waals surface area contributed by atoms with Crippen molar-refractivity contribution in [3.05, 3.63) is 70.4 Å². The van der Waals surface area contributed by atoms with Crippen LogP contribution >= 0.6 is 0 Å². The Bertz CT molecular complexity index is 941. The maximum atomic E-state index is 13.2. The van der Waals surface area contributed by atoms with Crippen molar-refractivity contribution in [2.75, 3.05) is 11.9 Å².